The molecule has 116 valence electrons. The molecule has 0 heterocycles. The van der Waals surface area contributed by atoms with Crippen molar-refractivity contribution in [2.75, 3.05) is 6.61 Å². The summed E-state index contributed by atoms with van der Waals surface area (Å²) >= 11 is 0. The molecule has 1 unspecified atom stereocenters. The summed E-state index contributed by atoms with van der Waals surface area (Å²) in [4.78, 5) is 0. The molecule has 0 saturated carbocycles. The fourth-order valence-corrected chi connectivity index (χ4v) is 2.30. The number of allylic oxidation sites excluding steroid dienone is 1. The minimum Gasteiger partial charge on any atom is -0.508 e. The summed E-state index contributed by atoms with van der Waals surface area (Å²) in [6.07, 6.45) is 1.94. The zero-order valence-corrected chi connectivity index (χ0v) is 13.0. The van der Waals surface area contributed by atoms with Gasteiger partial charge in [0.15, 0.2) is 0 Å². The molecule has 0 fully saturated rings. The van der Waals surface area contributed by atoms with Gasteiger partial charge >= 0.3 is 0 Å². The topological polar surface area (TPSA) is 49.7 Å². The average molecular weight is 298 g/mol. The van der Waals surface area contributed by atoms with Gasteiger partial charge < -0.3 is 14.9 Å². The summed E-state index contributed by atoms with van der Waals surface area (Å²) in [6.45, 7) is 4.36. The van der Waals surface area contributed by atoms with Gasteiger partial charge in [-0.3, -0.25) is 0 Å². The summed E-state index contributed by atoms with van der Waals surface area (Å²) in [6, 6.07) is 15.2. The second-order valence-electron chi connectivity index (χ2n) is 5.45. The van der Waals surface area contributed by atoms with Crippen LogP contribution >= 0.6 is 0 Å². The van der Waals surface area contributed by atoms with E-state index < -0.39 is 0 Å². The quantitative estimate of drug-likeness (QED) is 0.792. The van der Waals surface area contributed by atoms with E-state index in [1.807, 2.05) is 56.3 Å². The van der Waals surface area contributed by atoms with Crippen LogP contribution < -0.4 is 4.74 Å². The summed E-state index contributed by atoms with van der Waals surface area (Å²) in [5, 5.41) is 19.1. The van der Waals surface area contributed by atoms with Gasteiger partial charge in [0.25, 0.3) is 0 Å². The van der Waals surface area contributed by atoms with E-state index >= 15 is 0 Å². The zero-order chi connectivity index (χ0) is 15.9. The minimum absolute atomic E-state index is 0.00688. The van der Waals surface area contributed by atoms with Crippen LogP contribution in [0, 0.1) is 0 Å². The van der Waals surface area contributed by atoms with E-state index in [-0.39, 0.29) is 18.3 Å². The number of phenolic OH excluding ortho intramolecular Hbond substituents is 1. The van der Waals surface area contributed by atoms with Gasteiger partial charge in [-0.2, -0.15) is 0 Å². The Balaban J connectivity index is 2.12. The maximum atomic E-state index is 10.0. The average Bonchev–Trinajstić information content (AvgIpc) is 2.54. The van der Waals surface area contributed by atoms with Crippen LogP contribution in [0.5, 0.6) is 11.5 Å². The van der Waals surface area contributed by atoms with Gasteiger partial charge in [0.1, 0.15) is 18.1 Å². The Hall–Kier alpha value is -2.26. The number of rotatable bonds is 6. The van der Waals surface area contributed by atoms with Crippen molar-refractivity contribution in [3.05, 3.63) is 71.3 Å². The molecule has 2 aromatic rings. The molecule has 2 N–H and O–H groups in total. The lowest BCUT2D eigenvalue weighted by atomic mass is 9.97. The van der Waals surface area contributed by atoms with Gasteiger partial charge in [-0.1, -0.05) is 48.9 Å². The van der Waals surface area contributed by atoms with Crippen molar-refractivity contribution in [2.45, 2.75) is 26.4 Å². The smallest absolute Gasteiger partial charge is 0.120 e. The number of aromatic hydroxyl groups is 1. The van der Waals surface area contributed by atoms with Crippen molar-refractivity contribution >= 4 is 0 Å². The van der Waals surface area contributed by atoms with Gasteiger partial charge in [0, 0.05) is 11.5 Å². The van der Waals surface area contributed by atoms with Crippen LogP contribution in [0.25, 0.3) is 0 Å². The van der Waals surface area contributed by atoms with Crippen molar-refractivity contribution in [3.63, 3.8) is 0 Å². The molecule has 0 aromatic heterocycles. The van der Waals surface area contributed by atoms with Crippen LogP contribution in [0.15, 0.2) is 60.2 Å². The van der Waals surface area contributed by atoms with Crippen LogP contribution in [0.3, 0.4) is 0 Å². The van der Waals surface area contributed by atoms with Crippen molar-refractivity contribution in [1.29, 1.82) is 0 Å². The highest BCUT2D eigenvalue weighted by Crippen LogP contribution is 2.31. The lowest BCUT2D eigenvalue weighted by Gasteiger charge is -2.13. The van der Waals surface area contributed by atoms with E-state index in [2.05, 4.69) is 0 Å². The highest BCUT2D eigenvalue weighted by atomic mass is 16.5. The molecule has 3 nitrogen and oxygen atoms in total. The van der Waals surface area contributed by atoms with E-state index in [4.69, 9.17) is 9.84 Å². The fraction of sp³-hybridized carbons (Fsp3) is 0.263. The molecule has 2 rings (SSSR count). The van der Waals surface area contributed by atoms with Gasteiger partial charge in [-0.15, -0.1) is 0 Å². The van der Waals surface area contributed by atoms with Crippen LogP contribution in [0.2, 0.25) is 0 Å². The normalized spacial score (nSPS) is 13.0. The van der Waals surface area contributed by atoms with Gasteiger partial charge in [0.05, 0.1) is 6.61 Å². The van der Waals surface area contributed by atoms with E-state index in [0.29, 0.717) is 6.61 Å². The van der Waals surface area contributed by atoms with Crippen molar-refractivity contribution in [1.82, 2.24) is 0 Å². The Kier molecular flexibility index (Phi) is 5.61. The van der Waals surface area contributed by atoms with Crippen LogP contribution in [0.4, 0.5) is 0 Å². The number of phenols is 1. The molecule has 22 heavy (non-hydrogen) atoms. The van der Waals surface area contributed by atoms with E-state index in [1.165, 1.54) is 0 Å². The van der Waals surface area contributed by atoms with Crippen molar-refractivity contribution in [3.8, 4) is 11.5 Å². The second kappa shape index (κ2) is 7.66. The molecule has 3 heteroatoms. The minimum atomic E-state index is 0.00688. The predicted molar refractivity (Wildman–Crippen MR) is 88.1 cm³/mol. The molecule has 0 radical (unpaired) electrons. The third-order valence-electron chi connectivity index (χ3n) is 3.52. The van der Waals surface area contributed by atoms with Crippen LogP contribution in [0.1, 0.15) is 30.9 Å². The molecule has 0 spiro atoms. The fourth-order valence-electron chi connectivity index (χ4n) is 2.30. The molecule has 0 aliphatic heterocycles. The highest BCUT2D eigenvalue weighted by molar-refractivity contribution is 5.43. The Morgan fingerprint density at radius 3 is 2.59 bits per heavy atom. The molecule has 0 bridgehead atoms. The lowest BCUT2D eigenvalue weighted by Crippen LogP contribution is -1.98. The Labute approximate surface area is 131 Å². The molecular weight excluding hydrogens is 276 g/mol. The highest BCUT2D eigenvalue weighted by Gasteiger charge is 2.10. The zero-order valence-electron chi connectivity index (χ0n) is 13.0. The predicted octanol–water partition coefficient (Wildman–Crippen LogP) is 4.01. The first-order valence-corrected chi connectivity index (χ1v) is 7.38. The Bertz CT molecular complexity index is 632. The first kappa shape index (κ1) is 16.1. The molecule has 0 amide bonds. The van der Waals surface area contributed by atoms with Crippen LogP contribution in [-0.2, 0) is 6.61 Å². The maximum Gasteiger partial charge on any atom is 0.120 e. The largest absolute Gasteiger partial charge is 0.508 e. The SMILES string of the molecule is C/C(=C\C(C)c1cc(OCc2ccccc2)ccc1O)CO. The summed E-state index contributed by atoms with van der Waals surface area (Å²) in [5.74, 6) is 0.965. The molecule has 2 aromatic carbocycles. The first-order valence-electron chi connectivity index (χ1n) is 7.38. The Morgan fingerprint density at radius 2 is 1.91 bits per heavy atom. The standard InChI is InChI=1S/C19H22O3/c1-14(12-20)10-15(2)18-11-17(8-9-19(18)21)22-13-16-6-4-3-5-7-16/h3-11,15,20-21H,12-13H2,1-2H3/b14-10+. The van der Waals surface area contributed by atoms with Gasteiger partial charge in [-0.25, -0.2) is 0 Å². The van der Waals surface area contributed by atoms with Gasteiger partial charge in [0.2, 0.25) is 0 Å². The lowest BCUT2D eigenvalue weighted by molar-refractivity contribution is 0.305. The van der Waals surface area contributed by atoms with Gasteiger partial charge in [-0.05, 0) is 30.7 Å². The number of aliphatic hydroxyl groups excluding tert-OH is 1. The Morgan fingerprint density at radius 1 is 1.18 bits per heavy atom. The first-order chi connectivity index (χ1) is 10.6. The van der Waals surface area contributed by atoms with Crippen LogP contribution in [-0.4, -0.2) is 16.8 Å². The maximum absolute atomic E-state index is 10.0. The second-order valence-corrected chi connectivity index (χ2v) is 5.45. The number of hydrogen-bond acceptors (Lipinski definition) is 3. The number of aliphatic hydroxyl groups is 1. The molecule has 0 aliphatic carbocycles. The van der Waals surface area contributed by atoms with E-state index in [9.17, 15) is 5.11 Å². The van der Waals surface area contributed by atoms with E-state index in [1.54, 1.807) is 12.1 Å². The number of benzene rings is 2. The molecule has 1 atom stereocenters. The van der Waals surface area contributed by atoms with E-state index in [0.717, 1.165) is 22.4 Å². The number of ether oxygens (including phenoxy) is 1. The number of hydrogen-bond donors (Lipinski definition) is 2. The third kappa shape index (κ3) is 4.37. The van der Waals surface area contributed by atoms with Crippen molar-refractivity contribution < 1.29 is 14.9 Å². The summed E-state index contributed by atoms with van der Waals surface area (Å²) in [5.41, 5.74) is 2.77. The van der Waals surface area contributed by atoms with Crippen molar-refractivity contribution in [2.24, 2.45) is 0 Å². The third-order valence-corrected chi connectivity index (χ3v) is 3.52. The summed E-state index contributed by atoms with van der Waals surface area (Å²) in [7, 11) is 0. The molecule has 0 aliphatic rings. The summed E-state index contributed by atoms with van der Waals surface area (Å²) < 4.78 is 5.79. The molecule has 0 saturated heterocycles. The molecular formula is C19H22O3. The monoisotopic (exact) mass is 298 g/mol.